The Morgan fingerprint density at radius 1 is 1.38 bits per heavy atom. The summed E-state index contributed by atoms with van der Waals surface area (Å²) in [5.41, 5.74) is 0. The lowest BCUT2D eigenvalue weighted by atomic mass is 9.99. The van der Waals surface area contributed by atoms with Gasteiger partial charge >= 0.3 is 5.97 Å². The van der Waals surface area contributed by atoms with Gasteiger partial charge in [0.25, 0.3) is 0 Å². The van der Waals surface area contributed by atoms with Crippen LogP contribution in [0.15, 0.2) is 0 Å². The first kappa shape index (κ1) is 12.9. The molecule has 0 aromatic carbocycles. The molecule has 0 bridgehead atoms. The molecule has 0 aliphatic carbocycles. The number of cyclic esters (lactones) is 1. The summed E-state index contributed by atoms with van der Waals surface area (Å²) >= 11 is 0. The van der Waals surface area contributed by atoms with Crippen molar-refractivity contribution in [2.75, 3.05) is 6.61 Å². The molecule has 0 radical (unpaired) electrons. The Bertz CT molecular complexity index is 260. The van der Waals surface area contributed by atoms with E-state index in [0.717, 1.165) is 19.1 Å². The number of carbonyl (C=O) groups excluding carboxylic acids is 3. The largest absolute Gasteiger partial charge is 0.465 e. The molecule has 1 rings (SSSR count). The molecule has 1 atom stereocenters. The molecule has 0 N–H and O–H groups in total. The van der Waals surface area contributed by atoms with E-state index in [-0.39, 0.29) is 11.8 Å². The third-order valence-electron chi connectivity index (χ3n) is 2.78. The van der Waals surface area contributed by atoms with Gasteiger partial charge in [-0.25, -0.2) is 0 Å². The summed E-state index contributed by atoms with van der Waals surface area (Å²) in [5, 5.41) is 0. The average Bonchev–Trinajstić information content (AvgIpc) is 2.65. The van der Waals surface area contributed by atoms with Gasteiger partial charge in [-0.3, -0.25) is 9.59 Å². The van der Waals surface area contributed by atoms with E-state index < -0.39 is 0 Å². The van der Waals surface area contributed by atoms with Gasteiger partial charge in [0, 0.05) is 25.2 Å². The first-order valence-corrected chi connectivity index (χ1v) is 5.83. The van der Waals surface area contributed by atoms with Crippen LogP contribution in [0.25, 0.3) is 0 Å². The quantitative estimate of drug-likeness (QED) is 0.359. The first-order valence-electron chi connectivity index (χ1n) is 5.83. The van der Waals surface area contributed by atoms with Crippen LogP contribution in [0.4, 0.5) is 0 Å². The van der Waals surface area contributed by atoms with Crippen molar-refractivity contribution in [1.29, 1.82) is 0 Å². The Kier molecular flexibility index (Phi) is 5.75. The number of hydrogen-bond donors (Lipinski definition) is 0. The molecule has 1 heterocycles. The highest BCUT2D eigenvalue weighted by molar-refractivity contribution is 5.78. The highest BCUT2D eigenvalue weighted by Gasteiger charge is 2.23. The average molecular weight is 226 g/mol. The molecule has 90 valence electrons. The molecule has 0 aromatic heterocycles. The van der Waals surface area contributed by atoms with E-state index in [1.165, 1.54) is 0 Å². The molecular formula is C12H18O4. The normalized spacial score (nSPS) is 19.5. The second kappa shape index (κ2) is 7.14. The second-order valence-corrected chi connectivity index (χ2v) is 4.24. The highest BCUT2D eigenvalue weighted by Crippen LogP contribution is 2.20. The third kappa shape index (κ3) is 5.05. The minimum atomic E-state index is -0.123. The standard InChI is InChI=1S/C12H18O4/c13-7-2-1-5-11(14)6-3-4-10-8-12(15)16-9-10/h7,10H,1-6,8-9H2. The molecule has 0 aromatic rings. The van der Waals surface area contributed by atoms with Gasteiger partial charge in [0.15, 0.2) is 0 Å². The van der Waals surface area contributed by atoms with Gasteiger partial charge in [0.1, 0.15) is 12.1 Å². The molecule has 1 aliphatic rings. The van der Waals surface area contributed by atoms with Gasteiger partial charge in [-0.2, -0.15) is 0 Å². The number of unbranched alkanes of at least 4 members (excludes halogenated alkanes) is 1. The van der Waals surface area contributed by atoms with Crippen molar-refractivity contribution >= 4 is 18.0 Å². The maximum Gasteiger partial charge on any atom is 0.306 e. The van der Waals surface area contributed by atoms with Gasteiger partial charge in [0.05, 0.1) is 13.0 Å². The fraction of sp³-hybridized carbons (Fsp3) is 0.750. The summed E-state index contributed by atoms with van der Waals surface area (Å²) in [6.45, 7) is 0.512. The Morgan fingerprint density at radius 3 is 2.75 bits per heavy atom. The number of hydrogen-bond acceptors (Lipinski definition) is 4. The van der Waals surface area contributed by atoms with Crippen molar-refractivity contribution in [3.8, 4) is 0 Å². The molecule has 0 amide bonds. The zero-order valence-corrected chi connectivity index (χ0v) is 9.44. The highest BCUT2D eigenvalue weighted by atomic mass is 16.5. The van der Waals surface area contributed by atoms with Gasteiger partial charge in [-0.05, 0) is 19.3 Å². The van der Waals surface area contributed by atoms with Gasteiger partial charge in [0.2, 0.25) is 0 Å². The summed E-state index contributed by atoms with van der Waals surface area (Å²) in [6, 6.07) is 0. The molecule has 4 heteroatoms. The van der Waals surface area contributed by atoms with Crippen LogP contribution < -0.4 is 0 Å². The minimum absolute atomic E-state index is 0.123. The molecule has 1 unspecified atom stereocenters. The number of Topliss-reactive ketones (excluding diaryl/α,β-unsaturated/α-hetero) is 1. The zero-order chi connectivity index (χ0) is 11.8. The van der Waals surface area contributed by atoms with Crippen LogP contribution in [-0.2, 0) is 19.1 Å². The van der Waals surface area contributed by atoms with Crippen molar-refractivity contribution in [3.05, 3.63) is 0 Å². The van der Waals surface area contributed by atoms with Crippen LogP contribution in [0.5, 0.6) is 0 Å². The van der Waals surface area contributed by atoms with Crippen LogP contribution in [0.2, 0.25) is 0 Å². The van der Waals surface area contributed by atoms with E-state index >= 15 is 0 Å². The van der Waals surface area contributed by atoms with Crippen molar-refractivity contribution in [1.82, 2.24) is 0 Å². The topological polar surface area (TPSA) is 60.4 Å². The fourth-order valence-electron chi connectivity index (χ4n) is 1.85. The van der Waals surface area contributed by atoms with E-state index in [1.807, 2.05) is 0 Å². The predicted molar refractivity (Wildman–Crippen MR) is 57.8 cm³/mol. The summed E-state index contributed by atoms with van der Waals surface area (Å²) in [7, 11) is 0. The van der Waals surface area contributed by atoms with Crippen molar-refractivity contribution in [2.45, 2.75) is 44.9 Å². The van der Waals surface area contributed by atoms with Crippen LogP contribution in [0.1, 0.15) is 44.9 Å². The first-order chi connectivity index (χ1) is 7.72. The third-order valence-corrected chi connectivity index (χ3v) is 2.78. The van der Waals surface area contributed by atoms with Crippen LogP contribution in [0, 0.1) is 5.92 Å². The number of ether oxygens (including phenoxy) is 1. The lowest BCUT2D eigenvalue weighted by molar-refractivity contribution is -0.138. The van der Waals surface area contributed by atoms with Crippen molar-refractivity contribution in [3.63, 3.8) is 0 Å². The van der Waals surface area contributed by atoms with Gasteiger partial charge in [-0.1, -0.05) is 0 Å². The van der Waals surface area contributed by atoms with E-state index in [4.69, 9.17) is 4.74 Å². The maximum atomic E-state index is 11.3. The lowest BCUT2D eigenvalue weighted by Gasteiger charge is -2.04. The Labute approximate surface area is 95.3 Å². The van der Waals surface area contributed by atoms with Crippen molar-refractivity contribution < 1.29 is 19.1 Å². The van der Waals surface area contributed by atoms with Crippen LogP contribution in [-0.4, -0.2) is 24.6 Å². The molecule has 0 saturated carbocycles. The van der Waals surface area contributed by atoms with Gasteiger partial charge < -0.3 is 9.53 Å². The number of esters is 1. The smallest absolute Gasteiger partial charge is 0.306 e. The maximum absolute atomic E-state index is 11.3. The summed E-state index contributed by atoms with van der Waals surface area (Å²) < 4.78 is 4.84. The monoisotopic (exact) mass is 226 g/mol. The van der Waals surface area contributed by atoms with E-state index in [1.54, 1.807) is 0 Å². The summed E-state index contributed by atoms with van der Waals surface area (Å²) in [6.07, 6.45) is 5.23. The number of carbonyl (C=O) groups is 3. The van der Waals surface area contributed by atoms with E-state index in [2.05, 4.69) is 0 Å². The molecule has 1 aliphatic heterocycles. The van der Waals surface area contributed by atoms with Gasteiger partial charge in [-0.15, -0.1) is 0 Å². The Morgan fingerprint density at radius 2 is 2.12 bits per heavy atom. The molecule has 4 nitrogen and oxygen atoms in total. The van der Waals surface area contributed by atoms with Crippen LogP contribution in [0.3, 0.4) is 0 Å². The number of aldehydes is 1. The van der Waals surface area contributed by atoms with E-state index in [9.17, 15) is 14.4 Å². The molecule has 0 spiro atoms. The van der Waals surface area contributed by atoms with Crippen molar-refractivity contribution in [2.24, 2.45) is 5.92 Å². The van der Waals surface area contributed by atoms with E-state index in [0.29, 0.717) is 44.6 Å². The molecular weight excluding hydrogens is 208 g/mol. The minimum Gasteiger partial charge on any atom is -0.465 e. The van der Waals surface area contributed by atoms with Crippen LogP contribution >= 0.6 is 0 Å². The predicted octanol–water partition coefficient (Wildman–Crippen LogP) is 1.66. The Balaban J connectivity index is 1.99. The molecule has 1 fully saturated rings. The SMILES string of the molecule is O=CCCCC(=O)CCCC1COC(=O)C1. The zero-order valence-electron chi connectivity index (χ0n) is 9.44. The number of rotatable bonds is 8. The fourth-order valence-corrected chi connectivity index (χ4v) is 1.85. The molecule has 16 heavy (non-hydrogen) atoms. The summed E-state index contributed by atoms with van der Waals surface area (Å²) in [5.74, 6) is 0.393. The second-order valence-electron chi connectivity index (χ2n) is 4.24. The molecule has 1 saturated heterocycles. The lowest BCUT2D eigenvalue weighted by Crippen LogP contribution is -2.03. The summed E-state index contributed by atoms with van der Waals surface area (Å²) in [4.78, 5) is 32.2. The number of ketones is 1. The Hall–Kier alpha value is -1.19.